The second kappa shape index (κ2) is 8.29. The molecule has 1 N–H and O–H groups in total. The molecule has 3 aliphatic rings. The molecule has 0 aromatic carbocycles. The summed E-state index contributed by atoms with van der Waals surface area (Å²) < 4.78 is 0. The number of piperazine rings is 1. The van der Waals surface area contributed by atoms with E-state index in [-0.39, 0.29) is 0 Å². The molecule has 2 aromatic rings. The molecule has 8 nitrogen and oxygen atoms in total. The topological polar surface area (TPSA) is 73.3 Å². The molecule has 3 saturated heterocycles. The minimum atomic E-state index is 0.722. The molecule has 0 spiro atoms. The molecule has 2 aromatic heterocycles. The van der Waals surface area contributed by atoms with Gasteiger partial charge in [-0.05, 0) is 6.26 Å². The first-order chi connectivity index (χ1) is 13.8. The predicted octanol–water partition coefficient (Wildman–Crippen LogP) is 1.57. The van der Waals surface area contributed by atoms with Crippen LogP contribution in [0.3, 0.4) is 0 Å². The van der Waals surface area contributed by atoms with Gasteiger partial charge in [0.15, 0.2) is 22.8 Å². The molecule has 0 aliphatic carbocycles. The number of hydrogen-bond acceptors (Lipinski definition) is 11. The molecule has 3 aliphatic heterocycles. The van der Waals surface area contributed by atoms with Crippen molar-refractivity contribution >= 4 is 64.0 Å². The molecular formula is C17H24N8S3. The van der Waals surface area contributed by atoms with Crippen molar-refractivity contribution in [3.05, 3.63) is 0 Å². The van der Waals surface area contributed by atoms with E-state index in [2.05, 4.69) is 26.3 Å². The van der Waals surface area contributed by atoms with Gasteiger partial charge in [-0.1, -0.05) is 0 Å². The number of anilines is 3. The highest BCUT2D eigenvalue weighted by molar-refractivity contribution is 8.00. The van der Waals surface area contributed by atoms with Crippen molar-refractivity contribution in [2.45, 2.75) is 5.03 Å². The molecule has 0 saturated carbocycles. The lowest BCUT2D eigenvalue weighted by atomic mass is 10.3. The second-order valence-corrected chi connectivity index (χ2v) is 9.86. The summed E-state index contributed by atoms with van der Waals surface area (Å²) in [5.74, 6) is 6.88. The van der Waals surface area contributed by atoms with Crippen LogP contribution in [-0.4, -0.2) is 88.7 Å². The number of nitrogens with zero attached hydrogens (tertiary/aromatic N) is 7. The van der Waals surface area contributed by atoms with Crippen molar-refractivity contribution in [3.63, 3.8) is 0 Å². The highest BCUT2D eigenvalue weighted by atomic mass is 32.2. The van der Waals surface area contributed by atoms with Crippen LogP contribution >= 0.6 is 35.3 Å². The van der Waals surface area contributed by atoms with Gasteiger partial charge in [0.25, 0.3) is 0 Å². The third-order valence-corrected chi connectivity index (χ3v) is 7.74. The Morgan fingerprint density at radius 3 is 2.18 bits per heavy atom. The molecule has 3 fully saturated rings. The predicted molar refractivity (Wildman–Crippen MR) is 121 cm³/mol. The maximum Gasteiger partial charge on any atom is 0.229 e. The molecule has 0 amide bonds. The molecule has 5 heterocycles. The van der Waals surface area contributed by atoms with Gasteiger partial charge >= 0.3 is 0 Å². The van der Waals surface area contributed by atoms with Crippen molar-refractivity contribution in [3.8, 4) is 0 Å². The van der Waals surface area contributed by atoms with Crippen molar-refractivity contribution in [1.82, 2.24) is 25.3 Å². The van der Waals surface area contributed by atoms with E-state index in [0.717, 1.165) is 96.3 Å². The number of nitrogens with one attached hydrogen (secondary N) is 1. The summed E-state index contributed by atoms with van der Waals surface area (Å²) >= 11 is 5.54. The van der Waals surface area contributed by atoms with E-state index in [1.54, 1.807) is 11.8 Å². The summed E-state index contributed by atoms with van der Waals surface area (Å²) in [6.07, 6.45) is 2.07. The van der Waals surface area contributed by atoms with Gasteiger partial charge in [0.05, 0.1) is 11.8 Å². The second-order valence-electron chi connectivity index (χ2n) is 6.91. The number of aromatic nitrogens is 4. The van der Waals surface area contributed by atoms with Gasteiger partial charge in [-0.25, -0.2) is 9.97 Å². The largest absolute Gasteiger partial charge is 0.345 e. The van der Waals surface area contributed by atoms with Gasteiger partial charge in [-0.3, -0.25) is 0 Å². The first-order valence-corrected chi connectivity index (χ1v) is 13.1. The van der Waals surface area contributed by atoms with Gasteiger partial charge < -0.3 is 20.0 Å². The van der Waals surface area contributed by atoms with E-state index >= 15 is 0 Å². The average molecular weight is 437 g/mol. The summed E-state index contributed by atoms with van der Waals surface area (Å²) in [6.45, 7) is 5.78. The smallest absolute Gasteiger partial charge is 0.229 e. The fraction of sp³-hybridized carbons (Fsp3) is 0.647. The Kier molecular flexibility index (Phi) is 5.58. The molecule has 0 bridgehead atoms. The van der Waals surface area contributed by atoms with Crippen molar-refractivity contribution in [1.29, 1.82) is 0 Å². The molecule has 150 valence electrons. The van der Waals surface area contributed by atoms with Crippen molar-refractivity contribution in [2.75, 3.05) is 83.5 Å². The van der Waals surface area contributed by atoms with E-state index in [4.69, 9.17) is 19.9 Å². The lowest BCUT2D eigenvalue weighted by molar-refractivity contribution is 0.580. The van der Waals surface area contributed by atoms with Crippen LogP contribution in [0.1, 0.15) is 0 Å². The maximum atomic E-state index is 5.02. The SMILES string of the molecule is CSc1nc2c(N3CCSC3)nc(N3CCNCC3)nc2nc1N1CCSC1. The van der Waals surface area contributed by atoms with Crippen LogP contribution < -0.4 is 20.0 Å². The van der Waals surface area contributed by atoms with Crippen molar-refractivity contribution in [2.24, 2.45) is 0 Å². The third-order valence-electron chi connectivity index (χ3n) is 5.15. The number of thioether (sulfide) groups is 3. The van der Waals surface area contributed by atoms with Crippen LogP contribution in [-0.2, 0) is 0 Å². The first-order valence-electron chi connectivity index (χ1n) is 9.58. The molecule has 5 rings (SSSR count). The number of rotatable bonds is 4. The third kappa shape index (κ3) is 3.57. The summed E-state index contributed by atoms with van der Waals surface area (Å²) in [6, 6.07) is 0. The molecule has 0 atom stereocenters. The van der Waals surface area contributed by atoms with E-state index < -0.39 is 0 Å². The zero-order valence-electron chi connectivity index (χ0n) is 15.9. The Morgan fingerprint density at radius 1 is 0.821 bits per heavy atom. The van der Waals surface area contributed by atoms with Gasteiger partial charge in [0, 0.05) is 50.8 Å². The lowest BCUT2D eigenvalue weighted by Gasteiger charge is -2.29. The molecule has 0 radical (unpaired) electrons. The Hall–Kier alpha value is -1.17. The summed E-state index contributed by atoms with van der Waals surface area (Å²) in [5, 5.41) is 4.38. The number of hydrogen-bond donors (Lipinski definition) is 1. The summed E-state index contributed by atoms with van der Waals surface area (Å²) in [4.78, 5) is 26.8. The monoisotopic (exact) mass is 436 g/mol. The van der Waals surface area contributed by atoms with Crippen molar-refractivity contribution < 1.29 is 0 Å². The standard InChI is InChI=1S/C17H24N8S3/c1-26-16-15(25-7-9-28-11-25)20-13-12(19-16)14(24-6-8-27-10-24)22-17(21-13)23-4-2-18-3-5-23/h18H,2-11H2,1H3. The van der Waals surface area contributed by atoms with E-state index in [9.17, 15) is 0 Å². The highest BCUT2D eigenvalue weighted by Crippen LogP contribution is 2.34. The van der Waals surface area contributed by atoms with E-state index in [0.29, 0.717) is 0 Å². The zero-order chi connectivity index (χ0) is 18.9. The van der Waals surface area contributed by atoms with Crippen LogP contribution in [0.4, 0.5) is 17.6 Å². The summed E-state index contributed by atoms with van der Waals surface area (Å²) in [5.41, 5.74) is 1.56. The Bertz CT molecular complexity index is 848. The van der Waals surface area contributed by atoms with Gasteiger partial charge in [0.1, 0.15) is 5.03 Å². The van der Waals surface area contributed by atoms with Crippen LogP contribution in [0, 0.1) is 0 Å². The maximum absolute atomic E-state index is 5.02. The zero-order valence-corrected chi connectivity index (χ0v) is 18.4. The van der Waals surface area contributed by atoms with Crippen LogP contribution in [0.15, 0.2) is 5.03 Å². The van der Waals surface area contributed by atoms with Gasteiger partial charge in [-0.2, -0.15) is 9.97 Å². The Balaban J connectivity index is 1.65. The Morgan fingerprint density at radius 2 is 1.54 bits per heavy atom. The molecule has 28 heavy (non-hydrogen) atoms. The van der Waals surface area contributed by atoms with Gasteiger partial charge in [0.2, 0.25) is 5.95 Å². The average Bonchev–Trinajstić information content (AvgIpc) is 3.47. The normalized spacial score (nSPS) is 20.5. The molecule has 11 heteroatoms. The minimum Gasteiger partial charge on any atom is -0.345 e. The minimum absolute atomic E-state index is 0.722. The lowest BCUT2D eigenvalue weighted by Crippen LogP contribution is -2.44. The van der Waals surface area contributed by atoms with Crippen LogP contribution in [0.25, 0.3) is 11.2 Å². The fourth-order valence-corrected chi connectivity index (χ4v) is 6.07. The Labute approximate surface area is 177 Å². The first kappa shape index (κ1) is 18.8. The quantitative estimate of drug-likeness (QED) is 0.710. The van der Waals surface area contributed by atoms with Crippen LogP contribution in [0.5, 0.6) is 0 Å². The van der Waals surface area contributed by atoms with E-state index in [1.807, 2.05) is 23.5 Å². The summed E-state index contributed by atoms with van der Waals surface area (Å²) in [7, 11) is 0. The fourth-order valence-electron chi connectivity index (χ4n) is 3.63. The van der Waals surface area contributed by atoms with Gasteiger partial charge in [-0.15, -0.1) is 35.3 Å². The number of fused-ring (bicyclic) bond motifs is 1. The van der Waals surface area contributed by atoms with E-state index in [1.165, 1.54) is 0 Å². The molecular weight excluding hydrogens is 412 g/mol. The van der Waals surface area contributed by atoms with Crippen LogP contribution in [0.2, 0.25) is 0 Å². The highest BCUT2D eigenvalue weighted by Gasteiger charge is 2.26. The molecule has 0 unspecified atom stereocenters.